The zero-order chi connectivity index (χ0) is 17.5. The summed E-state index contributed by atoms with van der Waals surface area (Å²) < 4.78 is 13.3. The summed E-state index contributed by atoms with van der Waals surface area (Å²) in [7, 11) is 0. The van der Waals surface area contributed by atoms with Gasteiger partial charge in [0.25, 0.3) is 5.91 Å². The van der Waals surface area contributed by atoms with Crippen LogP contribution in [0.25, 0.3) is 0 Å². The van der Waals surface area contributed by atoms with Crippen LogP contribution in [-0.2, 0) is 4.79 Å². The Morgan fingerprint density at radius 1 is 1.12 bits per heavy atom. The molecule has 0 spiro atoms. The van der Waals surface area contributed by atoms with Gasteiger partial charge in [0.2, 0.25) is 5.91 Å². The Morgan fingerprint density at radius 3 is 2.62 bits per heavy atom. The lowest BCUT2D eigenvalue weighted by Gasteiger charge is -2.09. The molecule has 3 N–H and O–H groups in total. The molecule has 2 aromatic carbocycles. The van der Waals surface area contributed by atoms with Crippen LogP contribution in [0.4, 0.5) is 15.8 Å². The first-order valence-corrected chi connectivity index (χ1v) is 7.74. The van der Waals surface area contributed by atoms with E-state index in [1.807, 2.05) is 6.92 Å². The largest absolute Gasteiger partial charge is 0.376 e. The molecule has 2 amide bonds. The molecular formula is C17H17ClFN3O2. The number of hydrogen-bond acceptors (Lipinski definition) is 3. The molecular weight excluding hydrogens is 333 g/mol. The van der Waals surface area contributed by atoms with Gasteiger partial charge < -0.3 is 16.0 Å². The highest BCUT2D eigenvalue weighted by Gasteiger charge is 2.08. The zero-order valence-electron chi connectivity index (χ0n) is 13.0. The Balaban J connectivity index is 1.93. The Hall–Kier alpha value is -2.60. The van der Waals surface area contributed by atoms with Crippen molar-refractivity contribution in [3.63, 3.8) is 0 Å². The van der Waals surface area contributed by atoms with Crippen LogP contribution in [0, 0.1) is 5.82 Å². The molecule has 126 valence electrons. The van der Waals surface area contributed by atoms with Crippen LogP contribution in [0.15, 0.2) is 42.5 Å². The highest BCUT2D eigenvalue weighted by Crippen LogP contribution is 2.18. The number of anilines is 2. The van der Waals surface area contributed by atoms with Crippen molar-refractivity contribution in [1.82, 2.24) is 5.32 Å². The van der Waals surface area contributed by atoms with E-state index < -0.39 is 5.82 Å². The first-order valence-electron chi connectivity index (χ1n) is 7.36. The van der Waals surface area contributed by atoms with E-state index in [0.717, 1.165) is 0 Å². The van der Waals surface area contributed by atoms with Gasteiger partial charge in [-0.25, -0.2) is 4.39 Å². The van der Waals surface area contributed by atoms with E-state index in [2.05, 4.69) is 16.0 Å². The van der Waals surface area contributed by atoms with Gasteiger partial charge >= 0.3 is 0 Å². The van der Waals surface area contributed by atoms with Gasteiger partial charge in [-0.15, -0.1) is 0 Å². The second-order valence-electron chi connectivity index (χ2n) is 4.97. The number of carbonyl (C=O) groups excluding carboxylic acids is 2. The fourth-order valence-corrected chi connectivity index (χ4v) is 2.11. The first-order chi connectivity index (χ1) is 11.5. The molecule has 2 rings (SSSR count). The highest BCUT2D eigenvalue weighted by atomic mass is 35.5. The Labute approximate surface area is 144 Å². The predicted molar refractivity (Wildman–Crippen MR) is 93.0 cm³/mol. The molecule has 7 heteroatoms. The molecule has 0 saturated carbocycles. The zero-order valence-corrected chi connectivity index (χ0v) is 13.8. The molecule has 0 unspecified atom stereocenters. The SMILES string of the molecule is CCNC(=O)c1cccc(NC(=O)CNc2ccc(Cl)c(F)c2)c1. The van der Waals surface area contributed by atoms with Crippen LogP contribution in [-0.4, -0.2) is 24.9 Å². The van der Waals surface area contributed by atoms with Crippen molar-refractivity contribution in [2.24, 2.45) is 0 Å². The summed E-state index contributed by atoms with van der Waals surface area (Å²) in [5, 5.41) is 8.18. The van der Waals surface area contributed by atoms with Crippen molar-refractivity contribution in [3.05, 3.63) is 58.9 Å². The van der Waals surface area contributed by atoms with E-state index in [4.69, 9.17) is 11.6 Å². The van der Waals surface area contributed by atoms with Crippen molar-refractivity contribution < 1.29 is 14.0 Å². The summed E-state index contributed by atoms with van der Waals surface area (Å²) >= 11 is 5.60. The van der Waals surface area contributed by atoms with Crippen molar-refractivity contribution in [1.29, 1.82) is 0 Å². The minimum Gasteiger partial charge on any atom is -0.376 e. The van der Waals surface area contributed by atoms with Crippen molar-refractivity contribution in [3.8, 4) is 0 Å². The molecule has 0 saturated heterocycles. The number of nitrogens with one attached hydrogen (secondary N) is 3. The molecule has 0 atom stereocenters. The number of hydrogen-bond donors (Lipinski definition) is 3. The molecule has 0 aliphatic carbocycles. The second-order valence-corrected chi connectivity index (χ2v) is 5.38. The van der Waals surface area contributed by atoms with E-state index in [0.29, 0.717) is 23.5 Å². The van der Waals surface area contributed by atoms with Gasteiger partial charge in [-0.05, 0) is 43.3 Å². The summed E-state index contributed by atoms with van der Waals surface area (Å²) in [5.74, 6) is -1.08. The molecule has 0 aliphatic rings. The lowest BCUT2D eigenvalue weighted by molar-refractivity contribution is -0.114. The van der Waals surface area contributed by atoms with E-state index in [-0.39, 0.29) is 23.4 Å². The fraction of sp³-hybridized carbons (Fsp3) is 0.176. The lowest BCUT2D eigenvalue weighted by Crippen LogP contribution is -2.24. The predicted octanol–water partition coefficient (Wildman–Crippen LogP) is 3.28. The first kappa shape index (κ1) is 17.7. The summed E-state index contributed by atoms with van der Waals surface area (Å²) in [6, 6.07) is 10.8. The number of amides is 2. The van der Waals surface area contributed by atoms with Gasteiger partial charge in [0.15, 0.2) is 0 Å². The Bertz CT molecular complexity index is 752. The molecule has 0 aromatic heterocycles. The Morgan fingerprint density at radius 2 is 1.92 bits per heavy atom. The Kier molecular flexibility index (Phi) is 6.14. The average molecular weight is 350 g/mol. The number of halogens is 2. The topological polar surface area (TPSA) is 70.2 Å². The van der Waals surface area contributed by atoms with Crippen molar-refractivity contribution >= 4 is 34.8 Å². The number of carbonyl (C=O) groups is 2. The molecule has 0 heterocycles. The van der Waals surface area contributed by atoms with Crippen molar-refractivity contribution in [2.75, 3.05) is 23.7 Å². The summed E-state index contributed by atoms with van der Waals surface area (Å²) in [6.07, 6.45) is 0. The molecule has 0 bridgehead atoms. The third kappa shape index (κ3) is 4.96. The quantitative estimate of drug-likeness (QED) is 0.749. The second kappa shape index (κ2) is 8.31. The normalized spacial score (nSPS) is 10.1. The maximum Gasteiger partial charge on any atom is 0.251 e. The number of benzene rings is 2. The van der Waals surface area contributed by atoms with Crippen LogP contribution in [0.1, 0.15) is 17.3 Å². The maximum absolute atomic E-state index is 13.3. The number of rotatable bonds is 6. The van der Waals surface area contributed by atoms with Crippen molar-refractivity contribution in [2.45, 2.75) is 6.92 Å². The summed E-state index contributed by atoms with van der Waals surface area (Å²) in [6.45, 7) is 2.30. The maximum atomic E-state index is 13.3. The van der Waals surface area contributed by atoms with Crippen LogP contribution in [0.5, 0.6) is 0 Å². The molecule has 2 aromatic rings. The highest BCUT2D eigenvalue weighted by molar-refractivity contribution is 6.30. The van der Waals surface area contributed by atoms with Gasteiger partial charge in [-0.3, -0.25) is 9.59 Å². The van der Waals surface area contributed by atoms with E-state index >= 15 is 0 Å². The standard InChI is InChI=1S/C17H17ClFN3O2/c1-2-20-17(24)11-4-3-5-13(8-11)22-16(23)10-21-12-6-7-14(18)15(19)9-12/h3-9,21H,2,10H2,1H3,(H,20,24)(H,22,23). The van der Waals surface area contributed by atoms with Gasteiger partial charge in [-0.2, -0.15) is 0 Å². The van der Waals surface area contributed by atoms with Crippen LogP contribution >= 0.6 is 11.6 Å². The minimum absolute atomic E-state index is 0.0205. The van der Waals surface area contributed by atoms with E-state index in [9.17, 15) is 14.0 Å². The van der Waals surface area contributed by atoms with Gasteiger partial charge in [0.1, 0.15) is 5.82 Å². The smallest absolute Gasteiger partial charge is 0.251 e. The monoisotopic (exact) mass is 349 g/mol. The van der Waals surface area contributed by atoms with Crippen LogP contribution < -0.4 is 16.0 Å². The lowest BCUT2D eigenvalue weighted by atomic mass is 10.2. The summed E-state index contributed by atoms with van der Waals surface area (Å²) in [4.78, 5) is 23.7. The minimum atomic E-state index is -0.559. The summed E-state index contributed by atoms with van der Waals surface area (Å²) in [5.41, 5.74) is 1.42. The molecule has 0 radical (unpaired) electrons. The van der Waals surface area contributed by atoms with Crippen LogP contribution in [0.3, 0.4) is 0 Å². The van der Waals surface area contributed by atoms with E-state index in [1.165, 1.54) is 12.1 Å². The van der Waals surface area contributed by atoms with Crippen LogP contribution in [0.2, 0.25) is 5.02 Å². The average Bonchev–Trinajstić information content (AvgIpc) is 2.56. The van der Waals surface area contributed by atoms with Gasteiger partial charge in [-0.1, -0.05) is 17.7 Å². The van der Waals surface area contributed by atoms with E-state index in [1.54, 1.807) is 30.3 Å². The molecule has 0 aliphatic heterocycles. The molecule has 0 fully saturated rings. The third-order valence-electron chi connectivity index (χ3n) is 3.12. The fourth-order valence-electron chi connectivity index (χ4n) is 1.99. The molecule has 24 heavy (non-hydrogen) atoms. The van der Waals surface area contributed by atoms with Gasteiger partial charge in [0, 0.05) is 23.5 Å². The molecule has 5 nitrogen and oxygen atoms in total. The van der Waals surface area contributed by atoms with Gasteiger partial charge in [0.05, 0.1) is 11.6 Å². The third-order valence-corrected chi connectivity index (χ3v) is 3.43.